The number of benzene rings is 1. The van der Waals surface area contributed by atoms with Crippen LogP contribution in [0.2, 0.25) is 0 Å². The predicted octanol–water partition coefficient (Wildman–Crippen LogP) is 0.792. The molecule has 1 heterocycles. The number of nitrogens with zero attached hydrogens (tertiary/aromatic N) is 2. The van der Waals surface area contributed by atoms with Gasteiger partial charge in [0.1, 0.15) is 0 Å². The Bertz CT molecular complexity index is 847. The Morgan fingerprint density at radius 3 is 2.15 bits per heavy atom. The second kappa shape index (κ2) is 5.30. The van der Waals surface area contributed by atoms with Crippen LogP contribution in [0.1, 0.15) is 32.8 Å². The molecule has 1 aliphatic carbocycles. The van der Waals surface area contributed by atoms with Crippen LogP contribution in [-0.2, 0) is 14.9 Å². The Labute approximate surface area is 154 Å². The first-order valence-corrected chi connectivity index (χ1v) is 8.58. The van der Waals surface area contributed by atoms with Gasteiger partial charge in [-0.1, -0.05) is 51.1 Å². The zero-order valence-electron chi connectivity index (χ0n) is 15.9. The van der Waals surface area contributed by atoms with Crippen molar-refractivity contribution in [2.45, 2.75) is 38.5 Å². The van der Waals surface area contributed by atoms with Crippen molar-refractivity contribution in [3.8, 4) is 12.1 Å². The zero-order valence-corrected chi connectivity index (χ0v) is 15.9. The molecule has 0 unspecified atom stereocenters. The van der Waals surface area contributed by atoms with Crippen molar-refractivity contribution in [1.29, 1.82) is 10.5 Å². The Kier molecular flexibility index (Phi) is 3.74. The summed E-state index contributed by atoms with van der Waals surface area (Å²) < 4.78 is 11.2. The van der Waals surface area contributed by atoms with Crippen LogP contribution >= 0.6 is 0 Å². The second-order valence-electron chi connectivity index (χ2n) is 8.05. The Balaban J connectivity index is 2.15. The molecule has 1 fully saturated rings. The zero-order chi connectivity index (χ0) is 19.4. The van der Waals surface area contributed by atoms with Gasteiger partial charge in [-0.2, -0.15) is 10.5 Å². The van der Waals surface area contributed by atoms with Crippen molar-refractivity contribution in [2.24, 2.45) is 22.0 Å². The molecule has 3 N–H and O–H groups in total. The van der Waals surface area contributed by atoms with Crippen LogP contribution in [0, 0.1) is 38.9 Å². The SMILES string of the molecule is COC1(OC)[NH+]=C(N)[C@@]2(C#N)[C@](C)(CC(C)(C)c3ccccc3)[C@@]12C#N. The maximum absolute atomic E-state index is 10.2. The summed E-state index contributed by atoms with van der Waals surface area (Å²) in [5.74, 6) is -1.22. The van der Waals surface area contributed by atoms with Gasteiger partial charge in [0, 0.05) is 19.6 Å². The third kappa shape index (κ3) is 1.65. The highest BCUT2D eigenvalue weighted by Gasteiger charge is 3.02. The van der Waals surface area contributed by atoms with Crippen LogP contribution in [0.25, 0.3) is 0 Å². The molecule has 0 bridgehead atoms. The third-order valence-electron chi connectivity index (χ3n) is 6.61. The molecule has 3 atom stereocenters. The second-order valence-corrected chi connectivity index (χ2v) is 8.05. The normalized spacial score (nSPS) is 34.3. The average molecular weight is 353 g/mol. The number of nitrogens with one attached hydrogen (secondary N) is 1. The number of amidine groups is 1. The van der Waals surface area contributed by atoms with Crippen LogP contribution in [-0.4, -0.2) is 26.0 Å². The molecule has 1 saturated carbocycles. The lowest BCUT2D eigenvalue weighted by Crippen LogP contribution is -2.91. The van der Waals surface area contributed by atoms with E-state index < -0.39 is 22.2 Å². The lowest BCUT2D eigenvalue weighted by molar-refractivity contribution is -0.690. The van der Waals surface area contributed by atoms with E-state index in [4.69, 9.17) is 15.2 Å². The number of fused-ring (bicyclic) bond motifs is 1. The van der Waals surface area contributed by atoms with Crippen molar-refractivity contribution < 1.29 is 14.5 Å². The number of ether oxygens (including phenoxy) is 2. The number of hydrogen-bond donors (Lipinski definition) is 2. The molecule has 26 heavy (non-hydrogen) atoms. The smallest absolute Gasteiger partial charge is 0.317 e. The molecule has 136 valence electrons. The molecule has 1 aromatic rings. The highest BCUT2D eigenvalue weighted by atomic mass is 16.7. The van der Waals surface area contributed by atoms with Crippen LogP contribution in [0.15, 0.2) is 30.3 Å². The van der Waals surface area contributed by atoms with Crippen molar-refractivity contribution in [1.82, 2.24) is 0 Å². The molecule has 6 nitrogen and oxygen atoms in total. The quantitative estimate of drug-likeness (QED) is 0.761. The van der Waals surface area contributed by atoms with E-state index in [0.29, 0.717) is 6.42 Å². The summed E-state index contributed by atoms with van der Waals surface area (Å²) in [5, 5.41) is 20.3. The molecule has 0 saturated heterocycles. The Hall–Kier alpha value is -2.41. The molecule has 0 spiro atoms. The number of hydrogen-bond acceptors (Lipinski definition) is 5. The van der Waals surface area contributed by atoms with Gasteiger partial charge in [0.15, 0.2) is 10.8 Å². The molecule has 1 aromatic carbocycles. The topological polar surface area (TPSA) is 106 Å². The van der Waals surface area contributed by atoms with Gasteiger partial charge in [0.25, 0.3) is 5.84 Å². The predicted molar refractivity (Wildman–Crippen MR) is 95.2 cm³/mol. The first-order valence-electron chi connectivity index (χ1n) is 8.58. The van der Waals surface area contributed by atoms with E-state index in [2.05, 4.69) is 43.1 Å². The van der Waals surface area contributed by atoms with Crippen molar-refractivity contribution in [2.75, 3.05) is 14.2 Å². The lowest BCUT2D eigenvalue weighted by atomic mass is 9.72. The van der Waals surface area contributed by atoms with Gasteiger partial charge < -0.3 is 9.47 Å². The van der Waals surface area contributed by atoms with Gasteiger partial charge in [-0.15, -0.1) is 0 Å². The fourth-order valence-corrected chi connectivity index (χ4v) is 5.44. The summed E-state index contributed by atoms with van der Waals surface area (Å²) in [4.78, 5) is 2.94. The van der Waals surface area contributed by atoms with Crippen molar-refractivity contribution >= 4 is 5.84 Å². The standard InChI is InChI=1S/C20H24N4O2/c1-16(2,14-9-7-6-8-10-14)11-17(3)18(12-21)15(23)24-20(25-4,26-5)19(17,18)13-22/h6-10H,11H2,1-5H3,(H2,23,24)/p+1/t17-,18-,19+/m0/s1. The van der Waals surface area contributed by atoms with Gasteiger partial charge in [-0.3, -0.25) is 5.73 Å². The third-order valence-corrected chi connectivity index (χ3v) is 6.61. The molecule has 2 aliphatic rings. The van der Waals surface area contributed by atoms with Gasteiger partial charge in [-0.05, 0) is 17.4 Å². The molecule has 0 aromatic heterocycles. The Morgan fingerprint density at radius 2 is 1.69 bits per heavy atom. The Morgan fingerprint density at radius 1 is 1.12 bits per heavy atom. The first-order chi connectivity index (χ1) is 12.2. The minimum Gasteiger partial charge on any atom is -0.317 e. The summed E-state index contributed by atoms with van der Waals surface area (Å²) in [5.41, 5.74) is 3.94. The summed E-state index contributed by atoms with van der Waals surface area (Å²) >= 11 is 0. The average Bonchev–Trinajstić information content (AvgIpc) is 3.00. The number of rotatable bonds is 5. The highest BCUT2D eigenvalue weighted by molar-refractivity contribution is 5.94. The number of nitrogens with two attached hydrogens (primary N) is 1. The first kappa shape index (κ1) is 18.4. The molecule has 0 radical (unpaired) electrons. The lowest BCUT2D eigenvalue weighted by Gasteiger charge is -2.34. The van der Waals surface area contributed by atoms with E-state index in [1.165, 1.54) is 14.2 Å². The minimum atomic E-state index is -1.46. The van der Waals surface area contributed by atoms with Crippen LogP contribution in [0.4, 0.5) is 0 Å². The van der Waals surface area contributed by atoms with Crippen molar-refractivity contribution in [3.05, 3.63) is 35.9 Å². The fraction of sp³-hybridized carbons (Fsp3) is 0.550. The molecular weight excluding hydrogens is 328 g/mol. The summed E-state index contributed by atoms with van der Waals surface area (Å²) in [6, 6.07) is 14.8. The molecular formula is C20H25N4O2+. The summed E-state index contributed by atoms with van der Waals surface area (Å²) in [6.07, 6.45) is 0.571. The molecule has 3 rings (SSSR count). The molecule has 1 aliphatic heterocycles. The summed E-state index contributed by atoms with van der Waals surface area (Å²) in [6.45, 7) is 6.16. The van der Waals surface area contributed by atoms with Gasteiger partial charge in [-0.25, -0.2) is 4.99 Å². The fourth-order valence-electron chi connectivity index (χ4n) is 5.44. The van der Waals surface area contributed by atoms with E-state index in [1.54, 1.807) is 0 Å². The van der Waals surface area contributed by atoms with Crippen LogP contribution < -0.4 is 10.7 Å². The highest BCUT2D eigenvalue weighted by Crippen LogP contribution is 2.84. The van der Waals surface area contributed by atoms with Gasteiger partial charge in [0.2, 0.25) is 0 Å². The van der Waals surface area contributed by atoms with E-state index in [1.807, 2.05) is 25.1 Å². The van der Waals surface area contributed by atoms with Crippen LogP contribution in [0.3, 0.4) is 0 Å². The largest absolute Gasteiger partial charge is 0.342 e. The van der Waals surface area contributed by atoms with E-state index in [9.17, 15) is 10.5 Å². The maximum Gasteiger partial charge on any atom is 0.342 e. The minimum absolute atomic E-state index is 0.233. The number of nitriles is 2. The summed E-state index contributed by atoms with van der Waals surface area (Å²) in [7, 11) is 2.91. The van der Waals surface area contributed by atoms with Gasteiger partial charge >= 0.3 is 5.91 Å². The van der Waals surface area contributed by atoms with Crippen molar-refractivity contribution in [3.63, 3.8) is 0 Å². The van der Waals surface area contributed by atoms with Crippen LogP contribution in [0.5, 0.6) is 0 Å². The molecule has 6 heteroatoms. The van der Waals surface area contributed by atoms with E-state index >= 15 is 0 Å². The van der Waals surface area contributed by atoms with Gasteiger partial charge in [0.05, 0.1) is 12.1 Å². The monoisotopic (exact) mass is 353 g/mol. The number of methoxy groups -OCH3 is 2. The van der Waals surface area contributed by atoms with E-state index in [-0.39, 0.29) is 11.3 Å². The maximum atomic E-state index is 10.2. The van der Waals surface area contributed by atoms with E-state index in [0.717, 1.165) is 5.56 Å². The molecule has 0 amide bonds.